The van der Waals surface area contributed by atoms with E-state index in [0.717, 1.165) is 12.3 Å². The monoisotopic (exact) mass is 244 g/mol. The normalized spacial score (nSPS) is 39.0. The van der Waals surface area contributed by atoms with Crippen LogP contribution in [0.3, 0.4) is 0 Å². The molecule has 1 aliphatic heterocycles. The van der Waals surface area contributed by atoms with Crippen molar-refractivity contribution >= 4 is 11.8 Å². The van der Waals surface area contributed by atoms with Gasteiger partial charge in [0.1, 0.15) is 5.44 Å². The molecule has 0 radical (unpaired) electrons. The predicted octanol–water partition coefficient (Wildman–Crippen LogP) is 4.56. The molecule has 0 bridgehead atoms. The standard InChI is InChI=1S/C14H28OS/c1-8-12-14(6,7)11(5)10(4)13(15-12)16-9(2)3/h9-13H,8H2,1-7H3/t10-,11?,12?,13+/m1/s1. The van der Waals surface area contributed by atoms with Crippen molar-refractivity contribution in [2.75, 3.05) is 0 Å². The van der Waals surface area contributed by atoms with Gasteiger partial charge in [-0.15, -0.1) is 11.8 Å². The number of hydrogen-bond acceptors (Lipinski definition) is 2. The average molecular weight is 244 g/mol. The second-order valence-corrected chi connectivity index (χ2v) is 7.73. The molecule has 0 spiro atoms. The first kappa shape index (κ1) is 14.4. The Balaban J connectivity index is 2.79. The van der Waals surface area contributed by atoms with Crippen molar-refractivity contribution in [3.8, 4) is 0 Å². The summed E-state index contributed by atoms with van der Waals surface area (Å²) < 4.78 is 6.31. The van der Waals surface area contributed by atoms with E-state index in [1.807, 2.05) is 11.8 Å². The van der Waals surface area contributed by atoms with Gasteiger partial charge in [0, 0.05) is 5.25 Å². The molecule has 0 aromatic carbocycles. The molecule has 1 nitrogen and oxygen atoms in total. The second kappa shape index (κ2) is 5.30. The Kier molecular flexibility index (Phi) is 4.76. The van der Waals surface area contributed by atoms with Crippen LogP contribution in [0.1, 0.15) is 54.9 Å². The van der Waals surface area contributed by atoms with Gasteiger partial charge in [-0.1, -0.05) is 48.5 Å². The van der Waals surface area contributed by atoms with E-state index < -0.39 is 0 Å². The summed E-state index contributed by atoms with van der Waals surface area (Å²) in [6.07, 6.45) is 1.54. The van der Waals surface area contributed by atoms with Gasteiger partial charge in [0.15, 0.2) is 0 Å². The molecule has 2 unspecified atom stereocenters. The first-order chi connectivity index (χ1) is 7.30. The fourth-order valence-electron chi connectivity index (χ4n) is 2.71. The molecule has 1 saturated heterocycles. The molecule has 4 atom stereocenters. The van der Waals surface area contributed by atoms with Crippen molar-refractivity contribution in [2.24, 2.45) is 17.3 Å². The quantitative estimate of drug-likeness (QED) is 0.719. The molecule has 16 heavy (non-hydrogen) atoms. The molecule has 0 N–H and O–H groups in total. The molecule has 0 aromatic rings. The molecule has 0 saturated carbocycles. The van der Waals surface area contributed by atoms with Gasteiger partial charge in [-0.3, -0.25) is 0 Å². The third kappa shape index (κ3) is 2.76. The fraction of sp³-hybridized carbons (Fsp3) is 1.00. The van der Waals surface area contributed by atoms with E-state index in [4.69, 9.17) is 4.74 Å². The highest BCUT2D eigenvalue weighted by Crippen LogP contribution is 2.48. The van der Waals surface area contributed by atoms with Gasteiger partial charge < -0.3 is 4.74 Å². The topological polar surface area (TPSA) is 9.23 Å². The minimum Gasteiger partial charge on any atom is -0.364 e. The van der Waals surface area contributed by atoms with Crippen LogP contribution in [0.15, 0.2) is 0 Å². The summed E-state index contributed by atoms with van der Waals surface area (Å²) in [6.45, 7) is 16.2. The molecule has 0 aliphatic carbocycles. The zero-order valence-electron chi connectivity index (χ0n) is 11.9. The lowest BCUT2D eigenvalue weighted by Crippen LogP contribution is -2.50. The molecular formula is C14H28OS. The molecule has 2 heteroatoms. The van der Waals surface area contributed by atoms with E-state index in [2.05, 4.69) is 48.5 Å². The van der Waals surface area contributed by atoms with Crippen molar-refractivity contribution in [1.29, 1.82) is 0 Å². The maximum absolute atomic E-state index is 6.31. The lowest BCUT2D eigenvalue weighted by molar-refractivity contribution is -0.141. The summed E-state index contributed by atoms with van der Waals surface area (Å²) in [5.41, 5.74) is 0.690. The van der Waals surface area contributed by atoms with Gasteiger partial charge in [-0.25, -0.2) is 0 Å². The average Bonchev–Trinajstić information content (AvgIpc) is 2.19. The van der Waals surface area contributed by atoms with E-state index in [9.17, 15) is 0 Å². The Bertz CT molecular complexity index is 221. The molecule has 1 aliphatic rings. The minimum absolute atomic E-state index is 0.308. The number of ether oxygens (including phenoxy) is 1. The third-order valence-electron chi connectivity index (χ3n) is 4.30. The van der Waals surface area contributed by atoms with E-state index in [-0.39, 0.29) is 0 Å². The maximum Gasteiger partial charge on any atom is 0.106 e. The zero-order chi connectivity index (χ0) is 12.5. The number of hydrogen-bond donors (Lipinski definition) is 0. The van der Waals surface area contributed by atoms with Gasteiger partial charge in [0.25, 0.3) is 0 Å². The van der Waals surface area contributed by atoms with Crippen LogP contribution >= 0.6 is 11.8 Å². The van der Waals surface area contributed by atoms with Crippen molar-refractivity contribution in [3.63, 3.8) is 0 Å². The first-order valence-corrected chi connectivity index (χ1v) is 7.55. The van der Waals surface area contributed by atoms with Crippen LogP contribution < -0.4 is 0 Å². The third-order valence-corrected chi connectivity index (χ3v) is 5.65. The summed E-state index contributed by atoms with van der Waals surface area (Å²) in [5, 5.41) is 0.651. The Morgan fingerprint density at radius 1 is 1.25 bits per heavy atom. The Hall–Kier alpha value is 0.310. The summed E-state index contributed by atoms with van der Waals surface area (Å²) in [7, 11) is 0. The molecule has 0 aromatic heterocycles. The summed E-state index contributed by atoms with van der Waals surface area (Å²) in [6, 6.07) is 0. The van der Waals surface area contributed by atoms with Crippen molar-refractivity contribution < 1.29 is 4.74 Å². The van der Waals surface area contributed by atoms with Gasteiger partial charge >= 0.3 is 0 Å². The van der Waals surface area contributed by atoms with Crippen LogP contribution in [0.4, 0.5) is 0 Å². The molecule has 96 valence electrons. The summed E-state index contributed by atoms with van der Waals surface area (Å²) >= 11 is 1.98. The Morgan fingerprint density at radius 3 is 2.25 bits per heavy atom. The van der Waals surface area contributed by atoms with Crippen molar-refractivity contribution in [1.82, 2.24) is 0 Å². The second-order valence-electron chi connectivity index (χ2n) is 6.06. The SMILES string of the molecule is CCC1O[C@@H](SC(C)C)[C@H](C)C(C)C1(C)C. The van der Waals surface area contributed by atoms with Crippen LogP contribution in [0, 0.1) is 17.3 Å². The van der Waals surface area contributed by atoms with Crippen LogP contribution in [-0.2, 0) is 4.74 Å². The summed E-state index contributed by atoms with van der Waals surface area (Å²) in [4.78, 5) is 0. The number of thioether (sulfide) groups is 1. The molecule has 1 rings (SSSR count). The smallest absolute Gasteiger partial charge is 0.106 e. The lowest BCUT2D eigenvalue weighted by Gasteiger charge is -2.50. The lowest BCUT2D eigenvalue weighted by atomic mass is 9.67. The van der Waals surface area contributed by atoms with E-state index in [1.54, 1.807) is 0 Å². The Morgan fingerprint density at radius 2 is 1.81 bits per heavy atom. The van der Waals surface area contributed by atoms with Gasteiger partial charge in [0.2, 0.25) is 0 Å². The molecule has 0 amide bonds. The van der Waals surface area contributed by atoms with Gasteiger partial charge in [-0.05, 0) is 23.7 Å². The van der Waals surface area contributed by atoms with Crippen molar-refractivity contribution in [3.05, 3.63) is 0 Å². The molecular weight excluding hydrogens is 216 g/mol. The van der Waals surface area contributed by atoms with Crippen LogP contribution in [-0.4, -0.2) is 16.8 Å². The summed E-state index contributed by atoms with van der Waals surface area (Å²) in [5.74, 6) is 1.37. The van der Waals surface area contributed by atoms with E-state index in [1.165, 1.54) is 0 Å². The van der Waals surface area contributed by atoms with Crippen LogP contribution in [0.25, 0.3) is 0 Å². The zero-order valence-corrected chi connectivity index (χ0v) is 12.7. The van der Waals surface area contributed by atoms with E-state index in [0.29, 0.717) is 28.1 Å². The number of rotatable bonds is 3. The predicted molar refractivity (Wildman–Crippen MR) is 73.8 cm³/mol. The van der Waals surface area contributed by atoms with Gasteiger partial charge in [0.05, 0.1) is 6.10 Å². The minimum atomic E-state index is 0.308. The van der Waals surface area contributed by atoms with Crippen LogP contribution in [0.2, 0.25) is 0 Å². The molecule has 1 fully saturated rings. The highest BCUT2D eigenvalue weighted by molar-refractivity contribution is 8.00. The van der Waals surface area contributed by atoms with Gasteiger partial charge in [-0.2, -0.15) is 0 Å². The molecule has 1 heterocycles. The van der Waals surface area contributed by atoms with Crippen LogP contribution in [0.5, 0.6) is 0 Å². The highest BCUT2D eigenvalue weighted by atomic mass is 32.2. The Labute approximate surface area is 106 Å². The van der Waals surface area contributed by atoms with Crippen molar-refractivity contribution in [2.45, 2.75) is 71.7 Å². The first-order valence-electron chi connectivity index (χ1n) is 6.61. The maximum atomic E-state index is 6.31. The van der Waals surface area contributed by atoms with E-state index >= 15 is 0 Å². The largest absolute Gasteiger partial charge is 0.364 e. The highest BCUT2D eigenvalue weighted by Gasteiger charge is 2.46. The fourth-order valence-corrected chi connectivity index (χ4v) is 3.93.